The van der Waals surface area contributed by atoms with Gasteiger partial charge in [0, 0.05) is 23.5 Å². The van der Waals surface area contributed by atoms with Gasteiger partial charge >= 0.3 is 0 Å². The van der Waals surface area contributed by atoms with Gasteiger partial charge in [-0.3, -0.25) is 0 Å². The summed E-state index contributed by atoms with van der Waals surface area (Å²) in [5, 5.41) is 9.96. The Labute approximate surface area is 203 Å². The smallest absolute Gasteiger partial charge is 0.126 e. The summed E-state index contributed by atoms with van der Waals surface area (Å²) in [6, 6.07) is 24.6. The molecule has 3 aromatic carbocycles. The summed E-state index contributed by atoms with van der Waals surface area (Å²) in [6.07, 6.45) is 6.39. The van der Waals surface area contributed by atoms with E-state index < -0.39 is 0 Å². The van der Waals surface area contributed by atoms with E-state index in [1.54, 1.807) is 12.1 Å². The summed E-state index contributed by atoms with van der Waals surface area (Å²) in [6.45, 7) is 5.07. The molecule has 1 saturated heterocycles. The van der Waals surface area contributed by atoms with E-state index in [2.05, 4.69) is 53.4 Å². The first kappa shape index (κ1) is 22.8. The van der Waals surface area contributed by atoms with Crippen molar-refractivity contribution in [1.82, 2.24) is 4.90 Å². The van der Waals surface area contributed by atoms with Crippen LogP contribution in [0.5, 0.6) is 17.2 Å². The highest BCUT2D eigenvalue weighted by molar-refractivity contribution is 5.50. The van der Waals surface area contributed by atoms with Crippen LogP contribution >= 0.6 is 0 Å². The summed E-state index contributed by atoms with van der Waals surface area (Å²) in [7, 11) is 0. The molecule has 2 aliphatic heterocycles. The molecular weight excluding hydrogens is 422 g/mol. The monoisotopic (exact) mass is 457 g/mol. The zero-order valence-corrected chi connectivity index (χ0v) is 19.9. The number of phenols is 1. The highest BCUT2D eigenvalue weighted by Crippen LogP contribution is 2.47. The number of piperidine rings is 1. The highest BCUT2D eigenvalue weighted by atomic mass is 16.5. The number of hydrogen-bond donors (Lipinski definition) is 1. The van der Waals surface area contributed by atoms with Crippen LogP contribution in [0.25, 0.3) is 0 Å². The van der Waals surface area contributed by atoms with E-state index in [0.29, 0.717) is 6.61 Å². The van der Waals surface area contributed by atoms with Gasteiger partial charge in [-0.1, -0.05) is 55.0 Å². The van der Waals surface area contributed by atoms with Crippen molar-refractivity contribution in [3.8, 4) is 17.2 Å². The predicted molar refractivity (Wildman–Crippen MR) is 136 cm³/mol. The molecule has 0 aromatic heterocycles. The van der Waals surface area contributed by atoms with Gasteiger partial charge in [-0.05, 0) is 74.6 Å². The molecule has 4 heteroatoms. The molecule has 5 rings (SSSR count). The van der Waals surface area contributed by atoms with E-state index in [4.69, 9.17) is 9.47 Å². The third kappa shape index (κ3) is 5.39. The quantitative estimate of drug-likeness (QED) is 0.401. The third-order valence-electron chi connectivity index (χ3n) is 7.21. The Morgan fingerprint density at radius 2 is 1.65 bits per heavy atom. The summed E-state index contributed by atoms with van der Waals surface area (Å²) in [5.74, 6) is 2.30. The number of ether oxygens (including phenoxy) is 2. The molecule has 0 aliphatic carbocycles. The van der Waals surface area contributed by atoms with Crippen molar-refractivity contribution in [2.45, 2.75) is 43.9 Å². The van der Waals surface area contributed by atoms with Gasteiger partial charge in [0.1, 0.15) is 17.2 Å². The van der Waals surface area contributed by atoms with Crippen molar-refractivity contribution in [3.63, 3.8) is 0 Å². The Morgan fingerprint density at radius 3 is 2.44 bits per heavy atom. The van der Waals surface area contributed by atoms with Gasteiger partial charge in [-0.2, -0.15) is 0 Å². The van der Waals surface area contributed by atoms with Crippen LogP contribution in [0.4, 0.5) is 0 Å². The second-order valence-corrected chi connectivity index (χ2v) is 9.55. The summed E-state index contributed by atoms with van der Waals surface area (Å²) < 4.78 is 12.1. The average molecular weight is 458 g/mol. The van der Waals surface area contributed by atoms with E-state index in [1.165, 1.54) is 56.4 Å². The van der Waals surface area contributed by atoms with Crippen LogP contribution in [0.15, 0.2) is 72.8 Å². The Kier molecular flexibility index (Phi) is 7.35. The molecular formula is C30H35NO3. The Morgan fingerprint density at radius 1 is 0.853 bits per heavy atom. The first-order valence-electron chi connectivity index (χ1n) is 12.7. The SMILES string of the molecule is Oc1ccc2c(c1)OC[C@H](c1ccccc1)[C@@H]2c1ccc(OCCCCN2CCCCC2)cc1. The molecule has 178 valence electrons. The van der Waals surface area contributed by atoms with Crippen LogP contribution in [-0.4, -0.2) is 42.9 Å². The normalized spacial score (nSPS) is 20.4. The van der Waals surface area contributed by atoms with Gasteiger partial charge < -0.3 is 19.5 Å². The molecule has 4 nitrogen and oxygen atoms in total. The van der Waals surface area contributed by atoms with Crippen molar-refractivity contribution in [3.05, 3.63) is 89.5 Å². The van der Waals surface area contributed by atoms with Crippen molar-refractivity contribution >= 4 is 0 Å². The van der Waals surface area contributed by atoms with E-state index in [1.807, 2.05) is 12.1 Å². The zero-order chi connectivity index (χ0) is 23.2. The van der Waals surface area contributed by atoms with Gasteiger partial charge in [0.05, 0.1) is 13.2 Å². The number of benzene rings is 3. The number of unbranched alkanes of at least 4 members (excludes halogenated alkanes) is 1. The molecule has 1 N–H and O–H groups in total. The second-order valence-electron chi connectivity index (χ2n) is 9.55. The first-order chi connectivity index (χ1) is 16.8. The lowest BCUT2D eigenvalue weighted by atomic mass is 9.76. The summed E-state index contributed by atoms with van der Waals surface area (Å²) >= 11 is 0. The van der Waals surface area contributed by atoms with E-state index in [0.717, 1.165) is 30.1 Å². The molecule has 2 heterocycles. The lowest BCUT2D eigenvalue weighted by molar-refractivity contribution is 0.216. The molecule has 0 unspecified atom stereocenters. The van der Waals surface area contributed by atoms with Gasteiger partial charge in [-0.25, -0.2) is 0 Å². The van der Waals surface area contributed by atoms with E-state index in [-0.39, 0.29) is 17.6 Å². The number of hydrogen-bond acceptors (Lipinski definition) is 4. The molecule has 0 saturated carbocycles. The lowest BCUT2D eigenvalue weighted by Gasteiger charge is -2.34. The van der Waals surface area contributed by atoms with Crippen molar-refractivity contribution in [1.29, 1.82) is 0 Å². The van der Waals surface area contributed by atoms with Crippen molar-refractivity contribution in [2.75, 3.05) is 32.8 Å². The van der Waals surface area contributed by atoms with Crippen LogP contribution in [0, 0.1) is 0 Å². The molecule has 1 fully saturated rings. The van der Waals surface area contributed by atoms with Crippen LogP contribution in [-0.2, 0) is 0 Å². The van der Waals surface area contributed by atoms with Crippen LogP contribution in [0.2, 0.25) is 0 Å². The first-order valence-corrected chi connectivity index (χ1v) is 12.7. The molecule has 2 atom stereocenters. The fraction of sp³-hybridized carbons (Fsp3) is 0.400. The molecule has 0 spiro atoms. The van der Waals surface area contributed by atoms with Crippen LogP contribution in [0.1, 0.15) is 60.6 Å². The number of fused-ring (bicyclic) bond motifs is 1. The average Bonchev–Trinajstić information content (AvgIpc) is 2.89. The zero-order valence-electron chi connectivity index (χ0n) is 19.9. The fourth-order valence-corrected chi connectivity index (χ4v) is 5.38. The van der Waals surface area contributed by atoms with Crippen molar-refractivity contribution < 1.29 is 14.6 Å². The topological polar surface area (TPSA) is 41.9 Å². The van der Waals surface area contributed by atoms with Gasteiger partial charge in [0.2, 0.25) is 0 Å². The number of nitrogens with zero attached hydrogens (tertiary/aromatic N) is 1. The van der Waals surface area contributed by atoms with Gasteiger partial charge in [0.25, 0.3) is 0 Å². The second kappa shape index (κ2) is 11.0. The van der Waals surface area contributed by atoms with Crippen molar-refractivity contribution in [2.24, 2.45) is 0 Å². The maximum absolute atomic E-state index is 9.96. The third-order valence-corrected chi connectivity index (χ3v) is 7.21. The minimum absolute atomic E-state index is 0.158. The maximum atomic E-state index is 9.96. The summed E-state index contributed by atoms with van der Waals surface area (Å²) in [5.41, 5.74) is 3.62. The van der Waals surface area contributed by atoms with Gasteiger partial charge in [0.15, 0.2) is 0 Å². The minimum atomic E-state index is 0.158. The molecule has 3 aromatic rings. The summed E-state index contributed by atoms with van der Waals surface area (Å²) in [4.78, 5) is 2.59. The fourth-order valence-electron chi connectivity index (χ4n) is 5.38. The molecule has 0 radical (unpaired) electrons. The largest absolute Gasteiger partial charge is 0.508 e. The lowest BCUT2D eigenvalue weighted by Crippen LogP contribution is -2.30. The number of phenolic OH excluding ortho intramolecular Hbond substituents is 1. The molecule has 34 heavy (non-hydrogen) atoms. The van der Waals surface area contributed by atoms with E-state index >= 15 is 0 Å². The Hall–Kier alpha value is -2.98. The number of aromatic hydroxyl groups is 1. The predicted octanol–water partition coefficient (Wildman–Crippen LogP) is 6.35. The Balaban J connectivity index is 1.25. The number of likely N-dealkylation sites (tertiary alicyclic amines) is 1. The molecule has 0 bridgehead atoms. The number of rotatable bonds is 8. The standard InChI is InChI=1S/C30H35NO3/c32-25-13-16-27-29(21-25)34-22-28(23-9-3-1-4-10-23)30(27)24-11-14-26(15-12-24)33-20-8-7-19-31-17-5-2-6-18-31/h1,3-4,9-16,21,28,30,32H,2,5-8,17-20,22H2/t28-,30-/m1/s1. The Bertz CT molecular complexity index is 1040. The van der Waals surface area contributed by atoms with Gasteiger partial charge in [-0.15, -0.1) is 0 Å². The molecule has 2 aliphatic rings. The molecule has 0 amide bonds. The maximum Gasteiger partial charge on any atom is 0.126 e. The highest BCUT2D eigenvalue weighted by Gasteiger charge is 2.33. The minimum Gasteiger partial charge on any atom is -0.508 e. The van der Waals surface area contributed by atoms with E-state index in [9.17, 15) is 5.11 Å². The van der Waals surface area contributed by atoms with Crippen LogP contribution in [0.3, 0.4) is 0 Å². The van der Waals surface area contributed by atoms with Crippen LogP contribution < -0.4 is 9.47 Å².